The molecule has 0 aliphatic carbocycles. The van der Waals surface area contributed by atoms with Gasteiger partial charge < -0.3 is 19.3 Å². The van der Waals surface area contributed by atoms with E-state index in [1.807, 2.05) is 6.07 Å². The minimum Gasteiger partial charge on any atom is -0.508 e. The molecule has 2 aromatic carbocycles. The predicted octanol–water partition coefficient (Wildman–Crippen LogP) is 3.28. The molecule has 1 N–H and O–H groups in total. The Morgan fingerprint density at radius 2 is 1.88 bits per heavy atom. The first-order valence-corrected chi connectivity index (χ1v) is 7.67. The van der Waals surface area contributed by atoms with Crippen LogP contribution in [0.25, 0.3) is 11.3 Å². The molecule has 1 aliphatic rings. The second-order valence-corrected chi connectivity index (χ2v) is 5.41. The van der Waals surface area contributed by atoms with E-state index in [0.29, 0.717) is 28.4 Å². The van der Waals surface area contributed by atoms with Gasteiger partial charge in [0.25, 0.3) is 0 Å². The molecule has 0 amide bonds. The number of esters is 1. The van der Waals surface area contributed by atoms with Gasteiger partial charge in [0.1, 0.15) is 34.7 Å². The van der Waals surface area contributed by atoms with Crippen molar-refractivity contribution < 1.29 is 24.1 Å². The standard InChI is InChI=1S/C20H15NO5/c1-24-14-6-3-12(4-7-14)19-10-15(17(11-21)20(23)25-2)16-9-13(22)5-8-18(16)26-19/h3-10,22H,1-2H3/b17-15+. The Morgan fingerprint density at radius 1 is 1.15 bits per heavy atom. The molecule has 0 atom stereocenters. The molecular formula is C20H15NO5. The molecule has 0 unspecified atom stereocenters. The van der Waals surface area contributed by atoms with Gasteiger partial charge in [-0.15, -0.1) is 0 Å². The largest absolute Gasteiger partial charge is 0.508 e. The first-order chi connectivity index (χ1) is 12.6. The third kappa shape index (κ3) is 3.10. The van der Waals surface area contributed by atoms with Crippen LogP contribution in [0.4, 0.5) is 0 Å². The number of fused-ring (bicyclic) bond motifs is 1. The van der Waals surface area contributed by atoms with Crippen LogP contribution in [0.2, 0.25) is 0 Å². The van der Waals surface area contributed by atoms with Crippen LogP contribution < -0.4 is 9.47 Å². The van der Waals surface area contributed by atoms with Crippen LogP contribution in [0.1, 0.15) is 11.1 Å². The Kier molecular flexibility index (Phi) is 4.63. The van der Waals surface area contributed by atoms with E-state index in [-0.39, 0.29) is 11.3 Å². The minimum absolute atomic E-state index is 0.00620. The van der Waals surface area contributed by atoms with Crippen LogP contribution >= 0.6 is 0 Å². The van der Waals surface area contributed by atoms with E-state index in [4.69, 9.17) is 14.2 Å². The molecule has 3 rings (SSSR count). The number of hydrogen-bond acceptors (Lipinski definition) is 6. The molecule has 6 nitrogen and oxygen atoms in total. The molecule has 1 heterocycles. The molecule has 26 heavy (non-hydrogen) atoms. The molecule has 0 fully saturated rings. The first-order valence-electron chi connectivity index (χ1n) is 7.67. The van der Waals surface area contributed by atoms with Gasteiger partial charge in [-0.05, 0) is 48.5 Å². The van der Waals surface area contributed by atoms with Crippen molar-refractivity contribution in [2.45, 2.75) is 0 Å². The van der Waals surface area contributed by atoms with E-state index >= 15 is 0 Å². The summed E-state index contributed by atoms with van der Waals surface area (Å²) in [4.78, 5) is 12.0. The number of nitrogens with zero attached hydrogens (tertiary/aromatic N) is 1. The summed E-state index contributed by atoms with van der Waals surface area (Å²) >= 11 is 0. The van der Waals surface area contributed by atoms with Gasteiger partial charge in [0.05, 0.1) is 14.2 Å². The van der Waals surface area contributed by atoms with Crippen molar-refractivity contribution in [3.8, 4) is 23.3 Å². The molecule has 0 saturated carbocycles. The van der Waals surface area contributed by atoms with Gasteiger partial charge in [-0.3, -0.25) is 0 Å². The van der Waals surface area contributed by atoms with Crippen molar-refractivity contribution in [1.29, 1.82) is 5.26 Å². The molecule has 0 spiro atoms. The maximum atomic E-state index is 12.0. The summed E-state index contributed by atoms with van der Waals surface area (Å²) in [6.45, 7) is 0. The summed E-state index contributed by atoms with van der Waals surface area (Å²) in [6, 6.07) is 13.5. The maximum Gasteiger partial charge on any atom is 0.349 e. The van der Waals surface area contributed by atoms with E-state index < -0.39 is 5.97 Å². The SMILES string of the molecule is COC(=O)/C(C#N)=C1\C=C(c2ccc(OC)cc2)Oc2ccc(O)cc21. The highest BCUT2D eigenvalue weighted by Gasteiger charge is 2.25. The van der Waals surface area contributed by atoms with Crippen molar-refractivity contribution in [3.05, 3.63) is 65.2 Å². The molecule has 0 saturated heterocycles. The summed E-state index contributed by atoms with van der Waals surface area (Å²) < 4.78 is 15.7. The van der Waals surface area contributed by atoms with E-state index in [9.17, 15) is 15.2 Å². The quantitative estimate of drug-likeness (QED) is 0.520. The zero-order valence-corrected chi connectivity index (χ0v) is 14.1. The number of benzene rings is 2. The average molecular weight is 349 g/mol. The number of carbonyl (C=O) groups excluding carboxylic acids is 1. The number of phenols is 1. The van der Waals surface area contributed by atoms with Crippen molar-refractivity contribution in [2.75, 3.05) is 14.2 Å². The zero-order valence-electron chi connectivity index (χ0n) is 14.1. The first kappa shape index (κ1) is 17.1. The summed E-state index contributed by atoms with van der Waals surface area (Å²) in [5.74, 6) is 0.802. The molecule has 0 bridgehead atoms. The van der Waals surface area contributed by atoms with Crippen LogP contribution in [0.5, 0.6) is 17.2 Å². The third-order valence-corrected chi connectivity index (χ3v) is 3.89. The average Bonchev–Trinajstić information content (AvgIpc) is 2.68. The van der Waals surface area contributed by atoms with Gasteiger partial charge in [0.2, 0.25) is 0 Å². The number of nitriles is 1. The lowest BCUT2D eigenvalue weighted by atomic mass is 9.95. The number of ether oxygens (including phenoxy) is 3. The fraction of sp³-hybridized carbons (Fsp3) is 0.100. The molecule has 0 aromatic heterocycles. The Bertz CT molecular complexity index is 965. The van der Waals surface area contributed by atoms with Crippen LogP contribution in [0, 0.1) is 11.3 Å². The van der Waals surface area contributed by atoms with E-state index in [1.54, 1.807) is 43.5 Å². The normalized spacial score (nSPS) is 14.3. The van der Waals surface area contributed by atoms with Gasteiger partial charge in [-0.2, -0.15) is 5.26 Å². The highest BCUT2D eigenvalue weighted by atomic mass is 16.5. The smallest absolute Gasteiger partial charge is 0.349 e. The third-order valence-electron chi connectivity index (χ3n) is 3.89. The van der Waals surface area contributed by atoms with Crippen molar-refractivity contribution in [2.24, 2.45) is 0 Å². The van der Waals surface area contributed by atoms with Gasteiger partial charge in [-0.1, -0.05) is 0 Å². The van der Waals surface area contributed by atoms with Crippen molar-refractivity contribution in [1.82, 2.24) is 0 Å². The number of aromatic hydroxyl groups is 1. The lowest BCUT2D eigenvalue weighted by Crippen LogP contribution is -2.10. The van der Waals surface area contributed by atoms with Gasteiger partial charge >= 0.3 is 5.97 Å². The monoisotopic (exact) mass is 349 g/mol. The van der Waals surface area contributed by atoms with Crippen LogP contribution in [-0.2, 0) is 9.53 Å². The highest BCUT2D eigenvalue weighted by Crippen LogP contribution is 2.40. The van der Waals surface area contributed by atoms with Crippen molar-refractivity contribution in [3.63, 3.8) is 0 Å². The number of phenolic OH excluding ortho intramolecular Hbond substituents is 1. The topological polar surface area (TPSA) is 88.8 Å². The van der Waals surface area contributed by atoms with E-state index in [0.717, 1.165) is 5.56 Å². The zero-order chi connectivity index (χ0) is 18.7. The lowest BCUT2D eigenvalue weighted by Gasteiger charge is -2.21. The van der Waals surface area contributed by atoms with Crippen LogP contribution in [-0.4, -0.2) is 25.3 Å². The molecule has 1 aliphatic heterocycles. The number of methoxy groups -OCH3 is 2. The summed E-state index contributed by atoms with van der Waals surface area (Å²) in [6.07, 6.45) is 1.58. The Balaban J connectivity index is 2.20. The second kappa shape index (κ2) is 7.03. The fourth-order valence-corrected chi connectivity index (χ4v) is 2.60. The van der Waals surface area contributed by atoms with Gasteiger partial charge in [0.15, 0.2) is 0 Å². The second-order valence-electron chi connectivity index (χ2n) is 5.41. The summed E-state index contributed by atoms with van der Waals surface area (Å²) in [5.41, 5.74) is 1.32. The summed E-state index contributed by atoms with van der Waals surface area (Å²) in [7, 11) is 2.78. The fourth-order valence-electron chi connectivity index (χ4n) is 2.60. The highest BCUT2D eigenvalue weighted by molar-refractivity contribution is 6.06. The predicted molar refractivity (Wildman–Crippen MR) is 94.3 cm³/mol. The van der Waals surface area contributed by atoms with E-state index in [2.05, 4.69) is 0 Å². The number of carbonyl (C=O) groups is 1. The van der Waals surface area contributed by atoms with Crippen LogP contribution in [0.3, 0.4) is 0 Å². The maximum absolute atomic E-state index is 12.0. The molecule has 2 aromatic rings. The Labute approximate surface area is 150 Å². The van der Waals surface area contributed by atoms with E-state index in [1.165, 1.54) is 19.2 Å². The molecule has 0 radical (unpaired) electrons. The summed E-state index contributed by atoms with van der Waals surface area (Å²) in [5, 5.41) is 19.2. The number of allylic oxidation sites excluding steroid dienone is 2. The number of hydrogen-bond donors (Lipinski definition) is 1. The minimum atomic E-state index is -0.760. The van der Waals surface area contributed by atoms with Gasteiger partial charge in [-0.25, -0.2) is 4.79 Å². The molecular weight excluding hydrogens is 334 g/mol. The van der Waals surface area contributed by atoms with Gasteiger partial charge in [0, 0.05) is 16.7 Å². The lowest BCUT2D eigenvalue weighted by molar-refractivity contribution is -0.135. The Morgan fingerprint density at radius 3 is 2.50 bits per heavy atom. The van der Waals surface area contributed by atoms with Crippen molar-refractivity contribution >= 4 is 17.3 Å². The Hall–Kier alpha value is -3.72. The van der Waals surface area contributed by atoms with Crippen LogP contribution in [0.15, 0.2) is 54.1 Å². The number of rotatable bonds is 3. The molecule has 6 heteroatoms. The molecule has 130 valence electrons.